The van der Waals surface area contributed by atoms with Crippen LogP contribution in [-0.4, -0.2) is 29.3 Å². The third-order valence-corrected chi connectivity index (χ3v) is 3.96. The van der Waals surface area contributed by atoms with Crippen LogP contribution in [-0.2, 0) is 11.3 Å². The molecule has 2 aromatic carbocycles. The summed E-state index contributed by atoms with van der Waals surface area (Å²) < 4.78 is 15.9. The molecular formula is C19H18ClN3O4. The zero-order valence-electron chi connectivity index (χ0n) is 14.8. The van der Waals surface area contributed by atoms with Gasteiger partial charge >= 0.3 is 0 Å². The summed E-state index contributed by atoms with van der Waals surface area (Å²) >= 11 is 5.86. The number of benzene rings is 2. The molecule has 1 N–H and O–H groups in total. The third kappa shape index (κ3) is 4.98. The molecule has 8 heteroatoms. The lowest BCUT2D eigenvalue weighted by atomic mass is 10.2. The van der Waals surface area contributed by atoms with Gasteiger partial charge in [0.25, 0.3) is 5.91 Å². The summed E-state index contributed by atoms with van der Waals surface area (Å²) in [5.41, 5.74) is 0.774. The van der Waals surface area contributed by atoms with Crippen molar-refractivity contribution in [1.29, 1.82) is 0 Å². The monoisotopic (exact) mass is 387 g/mol. The lowest BCUT2D eigenvalue weighted by molar-refractivity contribution is -0.127. The van der Waals surface area contributed by atoms with Crippen LogP contribution in [0, 0.1) is 0 Å². The molecule has 3 rings (SSSR count). The molecule has 0 aliphatic heterocycles. The van der Waals surface area contributed by atoms with Crippen molar-refractivity contribution in [3.8, 4) is 22.9 Å². The van der Waals surface area contributed by atoms with Gasteiger partial charge in [-0.2, -0.15) is 4.98 Å². The quantitative estimate of drug-likeness (QED) is 0.667. The van der Waals surface area contributed by atoms with Gasteiger partial charge in [0.2, 0.25) is 11.7 Å². The minimum Gasteiger partial charge on any atom is -0.497 e. The van der Waals surface area contributed by atoms with Crippen LogP contribution in [0.1, 0.15) is 12.8 Å². The van der Waals surface area contributed by atoms with E-state index in [1.807, 2.05) is 0 Å². The number of halogens is 1. The molecule has 1 amide bonds. The summed E-state index contributed by atoms with van der Waals surface area (Å²) in [6.45, 7) is 1.76. The van der Waals surface area contributed by atoms with Crippen molar-refractivity contribution in [3.05, 3.63) is 59.4 Å². The maximum atomic E-state index is 12.2. The third-order valence-electron chi connectivity index (χ3n) is 3.71. The Hall–Kier alpha value is -3.06. The van der Waals surface area contributed by atoms with Crippen LogP contribution in [0.3, 0.4) is 0 Å². The van der Waals surface area contributed by atoms with Crippen LogP contribution >= 0.6 is 11.6 Å². The highest BCUT2D eigenvalue weighted by molar-refractivity contribution is 6.30. The molecule has 0 saturated heterocycles. The van der Waals surface area contributed by atoms with Gasteiger partial charge in [-0.1, -0.05) is 22.8 Å². The van der Waals surface area contributed by atoms with E-state index in [9.17, 15) is 4.79 Å². The zero-order valence-corrected chi connectivity index (χ0v) is 15.6. The first-order valence-corrected chi connectivity index (χ1v) is 8.60. The standard InChI is InChI=1S/C19H18ClN3O4/c1-12(26-16-5-3-4-15(10-16)25-2)19(24)21-11-17-22-18(23-27-17)13-6-8-14(20)9-7-13/h3-10,12H,11H2,1-2H3,(H,21,24)/t12-/m0/s1. The van der Waals surface area contributed by atoms with Gasteiger partial charge in [0.05, 0.1) is 13.7 Å². The maximum absolute atomic E-state index is 12.2. The van der Waals surface area contributed by atoms with E-state index in [0.717, 1.165) is 5.56 Å². The van der Waals surface area contributed by atoms with Crippen molar-refractivity contribution >= 4 is 17.5 Å². The van der Waals surface area contributed by atoms with Crippen LogP contribution in [0.5, 0.6) is 11.5 Å². The summed E-state index contributed by atoms with van der Waals surface area (Å²) in [5, 5.41) is 7.23. The van der Waals surface area contributed by atoms with Crippen molar-refractivity contribution in [3.63, 3.8) is 0 Å². The number of hydrogen-bond donors (Lipinski definition) is 1. The molecule has 0 radical (unpaired) electrons. The smallest absolute Gasteiger partial charge is 0.261 e. The first-order valence-electron chi connectivity index (χ1n) is 8.22. The van der Waals surface area contributed by atoms with E-state index in [0.29, 0.717) is 28.2 Å². The van der Waals surface area contributed by atoms with Gasteiger partial charge < -0.3 is 19.3 Å². The predicted molar refractivity (Wildman–Crippen MR) is 99.7 cm³/mol. The van der Waals surface area contributed by atoms with E-state index >= 15 is 0 Å². The molecule has 0 spiro atoms. The van der Waals surface area contributed by atoms with Crippen LogP contribution in [0.15, 0.2) is 53.1 Å². The fourth-order valence-electron chi connectivity index (χ4n) is 2.28. The number of hydrogen-bond acceptors (Lipinski definition) is 6. The Balaban J connectivity index is 1.54. The second-order valence-electron chi connectivity index (χ2n) is 5.68. The average molecular weight is 388 g/mol. The largest absolute Gasteiger partial charge is 0.497 e. The summed E-state index contributed by atoms with van der Waals surface area (Å²) in [5.74, 6) is 1.61. The van der Waals surface area contributed by atoms with E-state index in [-0.39, 0.29) is 12.5 Å². The molecular weight excluding hydrogens is 370 g/mol. The van der Waals surface area contributed by atoms with E-state index in [4.69, 9.17) is 25.6 Å². The van der Waals surface area contributed by atoms with Crippen molar-refractivity contribution in [1.82, 2.24) is 15.5 Å². The first-order chi connectivity index (χ1) is 13.0. The van der Waals surface area contributed by atoms with Crippen LogP contribution in [0.2, 0.25) is 5.02 Å². The highest BCUT2D eigenvalue weighted by Gasteiger charge is 2.16. The number of ether oxygens (including phenoxy) is 2. The second-order valence-corrected chi connectivity index (χ2v) is 6.11. The Morgan fingerprint density at radius 2 is 1.96 bits per heavy atom. The molecule has 27 heavy (non-hydrogen) atoms. The van der Waals surface area contributed by atoms with E-state index in [2.05, 4.69) is 15.5 Å². The zero-order chi connectivity index (χ0) is 19.2. The number of rotatable bonds is 7. The van der Waals surface area contributed by atoms with Gasteiger partial charge in [-0.05, 0) is 43.3 Å². The normalized spacial score (nSPS) is 11.7. The lowest BCUT2D eigenvalue weighted by Gasteiger charge is -2.14. The minimum absolute atomic E-state index is 0.102. The molecule has 7 nitrogen and oxygen atoms in total. The molecule has 0 fully saturated rings. The van der Waals surface area contributed by atoms with Gasteiger partial charge in [0, 0.05) is 16.7 Å². The summed E-state index contributed by atoms with van der Waals surface area (Å²) in [4.78, 5) is 16.5. The summed E-state index contributed by atoms with van der Waals surface area (Å²) in [7, 11) is 1.57. The molecule has 1 atom stereocenters. The van der Waals surface area contributed by atoms with Crippen molar-refractivity contribution in [2.45, 2.75) is 19.6 Å². The number of methoxy groups -OCH3 is 1. The van der Waals surface area contributed by atoms with Gasteiger partial charge in [-0.15, -0.1) is 0 Å². The fourth-order valence-corrected chi connectivity index (χ4v) is 2.41. The van der Waals surface area contributed by atoms with Gasteiger partial charge in [-0.25, -0.2) is 0 Å². The van der Waals surface area contributed by atoms with Crippen molar-refractivity contribution in [2.24, 2.45) is 0 Å². The molecule has 1 aromatic heterocycles. The number of carbonyl (C=O) groups excluding carboxylic acids is 1. The van der Waals surface area contributed by atoms with Gasteiger partial charge in [0.1, 0.15) is 11.5 Å². The van der Waals surface area contributed by atoms with Crippen molar-refractivity contribution in [2.75, 3.05) is 7.11 Å². The van der Waals surface area contributed by atoms with Crippen LogP contribution in [0.4, 0.5) is 0 Å². The molecule has 0 aliphatic carbocycles. The molecule has 0 saturated carbocycles. The van der Waals surface area contributed by atoms with Crippen molar-refractivity contribution < 1.29 is 18.8 Å². The van der Waals surface area contributed by atoms with E-state index < -0.39 is 6.10 Å². The van der Waals surface area contributed by atoms with Gasteiger partial charge in [0.15, 0.2) is 6.10 Å². The van der Waals surface area contributed by atoms with Gasteiger partial charge in [-0.3, -0.25) is 4.79 Å². The number of nitrogens with one attached hydrogen (secondary N) is 1. The average Bonchev–Trinajstić information content (AvgIpc) is 3.15. The Bertz CT molecular complexity index is 911. The Labute approximate surface area is 161 Å². The maximum Gasteiger partial charge on any atom is 0.261 e. The molecule has 0 unspecified atom stereocenters. The summed E-state index contributed by atoms with van der Waals surface area (Å²) in [6, 6.07) is 14.1. The van der Waals surface area contributed by atoms with Crippen LogP contribution < -0.4 is 14.8 Å². The first kappa shape index (κ1) is 18.7. The van der Waals surface area contributed by atoms with E-state index in [1.54, 1.807) is 62.6 Å². The minimum atomic E-state index is -0.698. The highest BCUT2D eigenvalue weighted by Crippen LogP contribution is 2.20. The summed E-state index contributed by atoms with van der Waals surface area (Å²) in [6.07, 6.45) is -0.698. The van der Waals surface area contributed by atoms with E-state index in [1.165, 1.54) is 0 Å². The fraction of sp³-hybridized carbons (Fsp3) is 0.211. The number of aromatic nitrogens is 2. The Morgan fingerprint density at radius 1 is 1.22 bits per heavy atom. The molecule has 140 valence electrons. The molecule has 0 bridgehead atoms. The SMILES string of the molecule is COc1cccc(O[C@@H](C)C(=O)NCc2nc(-c3ccc(Cl)cc3)no2)c1. The topological polar surface area (TPSA) is 86.5 Å². The number of amides is 1. The number of carbonyl (C=O) groups is 1. The Morgan fingerprint density at radius 3 is 2.70 bits per heavy atom. The second kappa shape index (κ2) is 8.55. The Kier molecular flexibility index (Phi) is 5.93. The lowest BCUT2D eigenvalue weighted by Crippen LogP contribution is -2.36. The molecule has 3 aromatic rings. The van der Waals surface area contributed by atoms with Crippen LogP contribution in [0.25, 0.3) is 11.4 Å². The molecule has 0 aliphatic rings. The molecule has 1 heterocycles. The predicted octanol–water partition coefficient (Wildman–Crippen LogP) is 3.48. The number of nitrogens with zero attached hydrogens (tertiary/aromatic N) is 2. The highest BCUT2D eigenvalue weighted by atomic mass is 35.5.